The molecule has 0 bridgehead atoms. The summed E-state index contributed by atoms with van der Waals surface area (Å²) in [5.41, 5.74) is 1.15. The molecular weight excluding hydrogens is 218 g/mol. The number of aliphatic hydroxyl groups is 1. The minimum Gasteiger partial charge on any atom is -0.396 e. The van der Waals surface area contributed by atoms with E-state index in [1.807, 2.05) is 24.3 Å². The van der Waals surface area contributed by atoms with Crippen LogP contribution in [0.15, 0.2) is 36.4 Å². The molecule has 0 amide bonds. The summed E-state index contributed by atoms with van der Waals surface area (Å²) in [6.45, 7) is 0.134. The third-order valence-corrected chi connectivity index (χ3v) is 2.74. The van der Waals surface area contributed by atoms with Gasteiger partial charge in [-0.15, -0.1) is 0 Å². The Bertz CT molecular complexity index is 551. The first-order chi connectivity index (χ1) is 8.22. The van der Waals surface area contributed by atoms with E-state index >= 15 is 0 Å². The molecule has 0 unspecified atom stereocenters. The number of hydrogen-bond donors (Lipinski definition) is 1. The molecular formula is C13H13NO3. The monoisotopic (exact) mass is 231 g/mol. The first-order valence-corrected chi connectivity index (χ1v) is 5.49. The zero-order chi connectivity index (χ0) is 12.3. The van der Waals surface area contributed by atoms with E-state index < -0.39 is 0 Å². The number of nitro benzene ring substituents is 1. The quantitative estimate of drug-likeness (QED) is 0.650. The van der Waals surface area contributed by atoms with Crippen LogP contribution in [0.4, 0.5) is 5.69 Å². The highest BCUT2D eigenvalue weighted by Crippen LogP contribution is 2.26. The van der Waals surface area contributed by atoms with Crippen molar-refractivity contribution in [1.29, 1.82) is 0 Å². The SMILES string of the molecule is O=[N+]([O-])c1cccc2ccc(CCCO)cc12. The van der Waals surface area contributed by atoms with Gasteiger partial charge in [0.25, 0.3) is 5.69 Å². The summed E-state index contributed by atoms with van der Waals surface area (Å²) in [6.07, 6.45) is 1.41. The third kappa shape index (κ3) is 2.42. The number of hydrogen-bond acceptors (Lipinski definition) is 3. The van der Waals surface area contributed by atoms with Crippen molar-refractivity contribution < 1.29 is 10.0 Å². The fraction of sp³-hybridized carbons (Fsp3) is 0.231. The van der Waals surface area contributed by atoms with Crippen molar-refractivity contribution in [2.24, 2.45) is 0 Å². The van der Waals surface area contributed by atoms with Gasteiger partial charge < -0.3 is 5.11 Å². The highest BCUT2D eigenvalue weighted by molar-refractivity contribution is 5.91. The molecule has 4 nitrogen and oxygen atoms in total. The van der Waals surface area contributed by atoms with Gasteiger partial charge in [0.15, 0.2) is 0 Å². The van der Waals surface area contributed by atoms with Crippen LogP contribution < -0.4 is 0 Å². The molecule has 0 aliphatic rings. The van der Waals surface area contributed by atoms with Crippen molar-refractivity contribution in [1.82, 2.24) is 0 Å². The molecule has 0 radical (unpaired) electrons. The highest BCUT2D eigenvalue weighted by Gasteiger charge is 2.10. The van der Waals surface area contributed by atoms with Crippen LogP contribution in [-0.2, 0) is 6.42 Å². The fourth-order valence-corrected chi connectivity index (χ4v) is 1.90. The standard InChI is InChI=1S/C13H13NO3/c15-8-2-3-10-6-7-11-4-1-5-13(14(16)17)12(11)9-10/h1,4-7,9,15H,2-3,8H2. The highest BCUT2D eigenvalue weighted by atomic mass is 16.6. The topological polar surface area (TPSA) is 63.4 Å². The molecule has 0 atom stereocenters. The van der Waals surface area contributed by atoms with Gasteiger partial charge in [-0.3, -0.25) is 10.1 Å². The maximum absolute atomic E-state index is 10.9. The zero-order valence-electron chi connectivity index (χ0n) is 9.30. The van der Waals surface area contributed by atoms with Crippen molar-refractivity contribution in [3.8, 4) is 0 Å². The summed E-state index contributed by atoms with van der Waals surface area (Å²) in [4.78, 5) is 10.5. The summed E-state index contributed by atoms with van der Waals surface area (Å²) in [6, 6.07) is 10.7. The second-order valence-corrected chi connectivity index (χ2v) is 3.92. The van der Waals surface area contributed by atoms with Crippen molar-refractivity contribution in [3.63, 3.8) is 0 Å². The van der Waals surface area contributed by atoms with E-state index in [2.05, 4.69) is 0 Å². The van der Waals surface area contributed by atoms with E-state index in [-0.39, 0.29) is 17.2 Å². The van der Waals surface area contributed by atoms with Gasteiger partial charge in [-0.05, 0) is 29.9 Å². The molecule has 0 saturated carbocycles. The average Bonchev–Trinajstić information content (AvgIpc) is 2.35. The Morgan fingerprint density at radius 2 is 2.06 bits per heavy atom. The van der Waals surface area contributed by atoms with E-state index in [0.717, 1.165) is 17.4 Å². The lowest BCUT2D eigenvalue weighted by molar-refractivity contribution is -0.383. The molecule has 0 spiro atoms. The summed E-state index contributed by atoms with van der Waals surface area (Å²) in [5, 5.41) is 21.2. The summed E-state index contributed by atoms with van der Waals surface area (Å²) >= 11 is 0. The zero-order valence-corrected chi connectivity index (χ0v) is 9.30. The Hall–Kier alpha value is -1.94. The molecule has 2 aromatic rings. The number of fused-ring (bicyclic) bond motifs is 1. The van der Waals surface area contributed by atoms with Crippen LogP contribution >= 0.6 is 0 Å². The lowest BCUT2D eigenvalue weighted by Gasteiger charge is -2.03. The molecule has 0 aliphatic carbocycles. The molecule has 4 heteroatoms. The first kappa shape index (κ1) is 11.5. The van der Waals surface area contributed by atoms with Gasteiger partial charge >= 0.3 is 0 Å². The Labute approximate surface area is 98.7 Å². The maximum Gasteiger partial charge on any atom is 0.277 e. The van der Waals surface area contributed by atoms with Gasteiger partial charge in [0.1, 0.15) is 0 Å². The van der Waals surface area contributed by atoms with E-state index in [1.165, 1.54) is 6.07 Å². The van der Waals surface area contributed by atoms with E-state index in [0.29, 0.717) is 11.8 Å². The third-order valence-electron chi connectivity index (χ3n) is 2.74. The molecule has 88 valence electrons. The normalized spacial score (nSPS) is 10.6. The average molecular weight is 231 g/mol. The maximum atomic E-state index is 10.9. The van der Waals surface area contributed by atoms with Crippen LogP contribution in [0.5, 0.6) is 0 Å². The predicted molar refractivity (Wildman–Crippen MR) is 66.0 cm³/mol. The fourth-order valence-electron chi connectivity index (χ4n) is 1.90. The van der Waals surface area contributed by atoms with Crippen LogP contribution in [0.25, 0.3) is 10.8 Å². The Morgan fingerprint density at radius 1 is 1.24 bits per heavy atom. The number of aryl methyl sites for hydroxylation is 1. The Morgan fingerprint density at radius 3 is 2.76 bits per heavy atom. The first-order valence-electron chi connectivity index (χ1n) is 5.49. The lowest BCUT2D eigenvalue weighted by atomic mass is 10.0. The Kier molecular flexibility index (Phi) is 3.35. The van der Waals surface area contributed by atoms with Crippen LogP contribution in [0.2, 0.25) is 0 Å². The number of nitrogens with zero attached hydrogens (tertiary/aromatic N) is 1. The summed E-state index contributed by atoms with van der Waals surface area (Å²) in [5.74, 6) is 0. The Balaban J connectivity index is 2.50. The van der Waals surface area contributed by atoms with Gasteiger partial charge in [0.2, 0.25) is 0 Å². The van der Waals surface area contributed by atoms with Gasteiger partial charge in [0.05, 0.1) is 10.3 Å². The summed E-state index contributed by atoms with van der Waals surface area (Å²) < 4.78 is 0. The molecule has 0 aromatic heterocycles. The van der Waals surface area contributed by atoms with Crippen LogP contribution in [-0.4, -0.2) is 16.6 Å². The second kappa shape index (κ2) is 4.93. The number of rotatable bonds is 4. The molecule has 0 heterocycles. The predicted octanol–water partition coefficient (Wildman–Crippen LogP) is 2.67. The van der Waals surface area contributed by atoms with Crippen molar-refractivity contribution in [3.05, 3.63) is 52.1 Å². The molecule has 0 aliphatic heterocycles. The van der Waals surface area contributed by atoms with Gasteiger partial charge in [-0.25, -0.2) is 0 Å². The number of aliphatic hydroxyl groups excluding tert-OH is 1. The molecule has 2 rings (SSSR count). The van der Waals surface area contributed by atoms with Gasteiger partial charge in [-0.2, -0.15) is 0 Å². The number of benzene rings is 2. The van der Waals surface area contributed by atoms with E-state index in [9.17, 15) is 10.1 Å². The van der Waals surface area contributed by atoms with Crippen molar-refractivity contribution in [2.45, 2.75) is 12.8 Å². The van der Waals surface area contributed by atoms with Gasteiger partial charge in [-0.1, -0.05) is 24.3 Å². The molecule has 0 saturated heterocycles. The van der Waals surface area contributed by atoms with Crippen LogP contribution in [0.3, 0.4) is 0 Å². The van der Waals surface area contributed by atoms with E-state index in [4.69, 9.17) is 5.11 Å². The molecule has 2 aromatic carbocycles. The molecule has 17 heavy (non-hydrogen) atoms. The number of nitro groups is 1. The van der Waals surface area contributed by atoms with Crippen LogP contribution in [0, 0.1) is 10.1 Å². The largest absolute Gasteiger partial charge is 0.396 e. The lowest BCUT2D eigenvalue weighted by Crippen LogP contribution is -1.92. The number of non-ortho nitro benzene ring substituents is 1. The minimum absolute atomic E-state index is 0.133. The smallest absolute Gasteiger partial charge is 0.277 e. The second-order valence-electron chi connectivity index (χ2n) is 3.92. The van der Waals surface area contributed by atoms with Crippen LogP contribution in [0.1, 0.15) is 12.0 Å². The van der Waals surface area contributed by atoms with Crippen molar-refractivity contribution >= 4 is 16.5 Å². The van der Waals surface area contributed by atoms with E-state index in [1.54, 1.807) is 6.07 Å². The minimum atomic E-state index is -0.363. The molecule has 0 fully saturated rings. The van der Waals surface area contributed by atoms with Crippen molar-refractivity contribution in [2.75, 3.05) is 6.61 Å². The summed E-state index contributed by atoms with van der Waals surface area (Å²) in [7, 11) is 0. The molecule has 1 N–H and O–H groups in total. The van der Waals surface area contributed by atoms with Gasteiger partial charge in [0, 0.05) is 12.7 Å².